The van der Waals surface area contributed by atoms with Crippen molar-refractivity contribution in [2.45, 2.75) is 32.0 Å². The van der Waals surface area contributed by atoms with Crippen molar-refractivity contribution >= 4 is 0 Å². The Morgan fingerprint density at radius 2 is 2.11 bits per heavy atom. The highest BCUT2D eigenvalue weighted by Gasteiger charge is 2.21. The second-order valence-electron chi connectivity index (χ2n) is 4.74. The summed E-state index contributed by atoms with van der Waals surface area (Å²) in [6.07, 6.45) is 3.89. The molecule has 1 N–H and O–H groups in total. The van der Waals surface area contributed by atoms with Gasteiger partial charge in [-0.3, -0.25) is 0 Å². The maximum atomic E-state index is 13.1. The highest BCUT2D eigenvalue weighted by Crippen LogP contribution is 2.19. The van der Waals surface area contributed by atoms with Gasteiger partial charge in [0.1, 0.15) is 12.2 Å². The predicted octanol–water partition coefficient (Wildman–Crippen LogP) is 1.86. The van der Waals surface area contributed by atoms with Crippen LogP contribution in [-0.2, 0) is 13.1 Å². The molecule has 0 amide bonds. The standard InChI is InChI=1S/C13H14F2N4/c14-11-4-1-9(5-12(11)15)7-19-13(17-8-18-19)6-16-10-2-3-10/h1,4-5,8,10,16H,2-3,6-7H2. The van der Waals surface area contributed by atoms with E-state index in [-0.39, 0.29) is 0 Å². The molecule has 4 nitrogen and oxygen atoms in total. The molecule has 100 valence electrons. The molecule has 1 aliphatic rings. The molecule has 1 fully saturated rings. The Hall–Kier alpha value is -1.82. The van der Waals surface area contributed by atoms with E-state index in [0.717, 1.165) is 11.9 Å². The summed E-state index contributed by atoms with van der Waals surface area (Å²) in [5, 5.41) is 7.46. The van der Waals surface area contributed by atoms with E-state index in [0.29, 0.717) is 24.7 Å². The first-order valence-electron chi connectivity index (χ1n) is 6.26. The van der Waals surface area contributed by atoms with Gasteiger partial charge in [0, 0.05) is 6.04 Å². The van der Waals surface area contributed by atoms with E-state index in [9.17, 15) is 8.78 Å². The summed E-state index contributed by atoms with van der Waals surface area (Å²) in [6, 6.07) is 4.46. The predicted molar refractivity (Wildman–Crippen MR) is 65.3 cm³/mol. The van der Waals surface area contributed by atoms with Crippen LogP contribution < -0.4 is 5.32 Å². The lowest BCUT2D eigenvalue weighted by Gasteiger charge is -2.07. The van der Waals surface area contributed by atoms with Crippen molar-refractivity contribution in [1.29, 1.82) is 0 Å². The molecule has 1 aromatic heterocycles. The minimum Gasteiger partial charge on any atom is -0.307 e. The second kappa shape index (κ2) is 5.05. The van der Waals surface area contributed by atoms with Crippen molar-refractivity contribution in [2.75, 3.05) is 0 Å². The Labute approximate surface area is 109 Å². The van der Waals surface area contributed by atoms with Gasteiger partial charge >= 0.3 is 0 Å². The van der Waals surface area contributed by atoms with Crippen LogP contribution in [0.25, 0.3) is 0 Å². The lowest BCUT2D eigenvalue weighted by atomic mass is 10.2. The molecule has 0 saturated heterocycles. The van der Waals surface area contributed by atoms with Gasteiger partial charge in [-0.2, -0.15) is 5.10 Å². The van der Waals surface area contributed by atoms with Crippen molar-refractivity contribution < 1.29 is 8.78 Å². The number of benzene rings is 1. The van der Waals surface area contributed by atoms with Crippen LogP contribution in [0.1, 0.15) is 24.2 Å². The van der Waals surface area contributed by atoms with E-state index in [4.69, 9.17) is 0 Å². The van der Waals surface area contributed by atoms with E-state index in [1.807, 2.05) is 0 Å². The number of aromatic nitrogens is 3. The molecule has 2 aromatic rings. The molecule has 0 unspecified atom stereocenters. The van der Waals surface area contributed by atoms with Crippen molar-refractivity contribution in [1.82, 2.24) is 20.1 Å². The summed E-state index contributed by atoms with van der Waals surface area (Å²) >= 11 is 0. The van der Waals surface area contributed by atoms with Gasteiger partial charge in [0.25, 0.3) is 0 Å². The Morgan fingerprint density at radius 3 is 2.84 bits per heavy atom. The largest absolute Gasteiger partial charge is 0.307 e. The topological polar surface area (TPSA) is 42.7 Å². The lowest BCUT2D eigenvalue weighted by molar-refractivity contribution is 0.504. The summed E-state index contributed by atoms with van der Waals surface area (Å²) in [6.45, 7) is 1.03. The number of nitrogens with one attached hydrogen (secondary N) is 1. The van der Waals surface area contributed by atoms with Crippen LogP contribution in [-0.4, -0.2) is 20.8 Å². The Morgan fingerprint density at radius 1 is 1.26 bits per heavy atom. The Bertz CT molecular complexity index is 578. The van der Waals surface area contributed by atoms with Crippen LogP contribution in [0.4, 0.5) is 8.78 Å². The van der Waals surface area contributed by atoms with Gasteiger partial charge in [-0.25, -0.2) is 18.4 Å². The molecule has 6 heteroatoms. The molecule has 3 rings (SSSR count). The zero-order chi connectivity index (χ0) is 13.2. The molecule has 1 heterocycles. The molecule has 1 saturated carbocycles. The normalized spacial score (nSPS) is 14.8. The zero-order valence-electron chi connectivity index (χ0n) is 10.3. The molecular weight excluding hydrogens is 250 g/mol. The Balaban J connectivity index is 1.71. The number of rotatable bonds is 5. The third-order valence-electron chi connectivity index (χ3n) is 3.14. The summed E-state index contributed by atoms with van der Waals surface area (Å²) in [4.78, 5) is 4.17. The van der Waals surface area contributed by atoms with E-state index in [2.05, 4.69) is 15.4 Å². The molecule has 19 heavy (non-hydrogen) atoms. The van der Waals surface area contributed by atoms with Gasteiger partial charge in [-0.15, -0.1) is 0 Å². The maximum Gasteiger partial charge on any atom is 0.159 e. The van der Waals surface area contributed by atoms with Gasteiger partial charge < -0.3 is 5.32 Å². The number of nitrogens with zero attached hydrogens (tertiary/aromatic N) is 3. The highest BCUT2D eigenvalue weighted by atomic mass is 19.2. The molecule has 0 bridgehead atoms. The summed E-state index contributed by atoms with van der Waals surface area (Å²) in [5.74, 6) is -0.870. The highest BCUT2D eigenvalue weighted by molar-refractivity contribution is 5.18. The summed E-state index contributed by atoms with van der Waals surface area (Å²) in [5.41, 5.74) is 0.664. The lowest BCUT2D eigenvalue weighted by Crippen LogP contribution is -2.19. The molecule has 0 aliphatic heterocycles. The average Bonchev–Trinajstić information content (AvgIpc) is 3.12. The first-order valence-corrected chi connectivity index (χ1v) is 6.26. The monoisotopic (exact) mass is 264 g/mol. The van der Waals surface area contributed by atoms with Gasteiger partial charge in [-0.1, -0.05) is 6.07 Å². The van der Waals surface area contributed by atoms with E-state index in [1.54, 1.807) is 10.7 Å². The van der Waals surface area contributed by atoms with Crippen molar-refractivity contribution in [3.8, 4) is 0 Å². The SMILES string of the molecule is Fc1ccc(Cn2ncnc2CNC2CC2)cc1F. The fourth-order valence-corrected chi connectivity index (χ4v) is 1.89. The van der Waals surface area contributed by atoms with Crippen LogP contribution in [0.2, 0.25) is 0 Å². The van der Waals surface area contributed by atoms with Gasteiger partial charge in [0.2, 0.25) is 0 Å². The summed E-state index contributed by atoms with van der Waals surface area (Å²) < 4.78 is 27.7. The smallest absolute Gasteiger partial charge is 0.159 e. The van der Waals surface area contributed by atoms with Crippen molar-refractivity contribution in [3.05, 3.63) is 47.5 Å². The fourth-order valence-electron chi connectivity index (χ4n) is 1.89. The number of hydrogen-bond acceptors (Lipinski definition) is 3. The quantitative estimate of drug-likeness (QED) is 0.896. The van der Waals surface area contributed by atoms with Crippen LogP contribution >= 0.6 is 0 Å². The van der Waals surface area contributed by atoms with Crippen LogP contribution in [0, 0.1) is 11.6 Å². The van der Waals surface area contributed by atoms with Crippen molar-refractivity contribution in [2.24, 2.45) is 0 Å². The van der Waals surface area contributed by atoms with Crippen LogP contribution in [0.15, 0.2) is 24.5 Å². The van der Waals surface area contributed by atoms with E-state index < -0.39 is 11.6 Å². The zero-order valence-corrected chi connectivity index (χ0v) is 10.3. The third kappa shape index (κ3) is 2.96. The van der Waals surface area contributed by atoms with Crippen LogP contribution in [0.5, 0.6) is 0 Å². The first kappa shape index (κ1) is 12.2. The molecule has 0 radical (unpaired) electrons. The van der Waals surface area contributed by atoms with Gasteiger partial charge in [0.15, 0.2) is 11.6 Å². The molecule has 0 atom stereocenters. The van der Waals surface area contributed by atoms with Crippen LogP contribution in [0.3, 0.4) is 0 Å². The van der Waals surface area contributed by atoms with Gasteiger partial charge in [0.05, 0.1) is 13.1 Å². The maximum absolute atomic E-state index is 13.1. The molecule has 0 spiro atoms. The fraction of sp³-hybridized carbons (Fsp3) is 0.385. The van der Waals surface area contributed by atoms with E-state index in [1.165, 1.54) is 25.2 Å². The Kier molecular flexibility index (Phi) is 3.25. The minimum absolute atomic E-state index is 0.388. The number of halogens is 2. The molecular formula is C13H14F2N4. The molecule has 1 aliphatic carbocycles. The van der Waals surface area contributed by atoms with E-state index >= 15 is 0 Å². The third-order valence-corrected chi connectivity index (χ3v) is 3.14. The first-order chi connectivity index (χ1) is 9.22. The summed E-state index contributed by atoms with van der Waals surface area (Å²) in [7, 11) is 0. The number of hydrogen-bond donors (Lipinski definition) is 1. The van der Waals surface area contributed by atoms with Crippen molar-refractivity contribution in [3.63, 3.8) is 0 Å². The molecule has 1 aromatic carbocycles. The average molecular weight is 264 g/mol. The second-order valence-corrected chi connectivity index (χ2v) is 4.74. The minimum atomic E-state index is -0.838. The van der Waals surface area contributed by atoms with Gasteiger partial charge in [-0.05, 0) is 30.5 Å².